The van der Waals surface area contributed by atoms with Crippen molar-refractivity contribution in [2.75, 3.05) is 5.32 Å². The van der Waals surface area contributed by atoms with Crippen LogP contribution in [0.3, 0.4) is 0 Å². The summed E-state index contributed by atoms with van der Waals surface area (Å²) in [7, 11) is 0. The summed E-state index contributed by atoms with van der Waals surface area (Å²) in [6, 6.07) is 9.41. The first-order chi connectivity index (χ1) is 10.9. The molecule has 2 rings (SSSR count). The Hall–Kier alpha value is -2.87. The Labute approximate surface area is 136 Å². The van der Waals surface area contributed by atoms with Crippen molar-refractivity contribution >= 4 is 34.6 Å². The van der Waals surface area contributed by atoms with E-state index in [1.807, 2.05) is 0 Å². The number of thiocarbonyl (C=S) groups is 1. The van der Waals surface area contributed by atoms with Crippen LogP contribution in [0.1, 0.15) is 15.9 Å². The monoisotopic (exact) mass is 333 g/mol. The molecule has 0 aliphatic heterocycles. The van der Waals surface area contributed by atoms with Crippen LogP contribution in [-0.4, -0.2) is 15.9 Å². The van der Waals surface area contributed by atoms with E-state index in [1.54, 1.807) is 13.0 Å². The number of nitrogens with zero attached hydrogens (tertiary/aromatic N) is 1. The van der Waals surface area contributed by atoms with Gasteiger partial charge in [-0.2, -0.15) is 0 Å². The molecule has 0 aromatic heterocycles. The van der Waals surface area contributed by atoms with Crippen LogP contribution in [0.5, 0.6) is 0 Å². The van der Waals surface area contributed by atoms with Gasteiger partial charge in [0.15, 0.2) is 5.11 Å². The fraction of sp³-hybridized carbons (Fsp3) is 0.0667. The second kappa shape index (κ2) is 6.93. The van der Waals surface area contributed by atoms with Crippen LogP contribution in [0, 0.1) is 22.9 Å². The number of nitro benzene ring substituents is 1. The van der Waals surface area contributed by atoms with E-state index in [9.17, 15) is 19.3 Å². The van der Waals surface area contributed by atoms with Gasteiger partial charge in [-0.05, 0) is 42.9 Å². The average molecular weight is 333 g/mol. The number of hydrogen-bond donors (Lipinski definition) is 2. The average Bonchev–Trinajstić information content (AvgIpc) is 2.49. The highest BCUT2D eigenvalue weighted by Gasteiger charge is 2.12. The molecule has 0 saturated heterocycles. The Balaban J connectivity index is 2.09. The number of carbonyl (C=O) groups is 1. The molecular weight excluding hydrogens is 321 g/mol. The number of nitrogens with one attached hydrogen (secondary N) is 2. The zero-order valence-corrected chi connectivity index (χ0v) is 12.8. The van der Waals surface area contributed by atoms with Crippen LogP contribution in [0.25, 0.3) is 0 Å². The molecule has 2 aromatic carbocycles. The molecule has 1 amide bonds. The van der Waals surface area contributed by atoms with E-state index in [-0.39, 0.29) is 16.4 Å². The lowest BCUT2D eigenvalue weighted by Crippen LogP contribution is -2.34. The summed E-state index contributed by atoms with van der Waals surface area (Å²) in [5.74, 6) is -1.11. The smallest absolute Gasteiger partial charge is 0.271 e. The van der Waals surface area contributed by atoms with Crippen molar-refractivity contribution in [3.63, 3.8) is 0 Å². The van der Waals surface area contributed by atoms with Gasteiger partial charge in [-0.1, -0.05) is 12.1 Å². The van der Waals surface area contributed by atoms with E-state index in [0.29, 0.717) is 5.69 Å². The number of benzene rings is 2. The van der Waals surface area contributed by atoms with Gasteiger partial charge in [-0.3, -0.25) is 20.2 Å². The lowest BCUT2D eigenvalue weighted by molar-refractivity contribution is -0.384. The third-order valence-corrected chi connectivity index (χ3v) is 3.20. The van der Waals surface area contributed by atoms with Crippen LogP contribution in [0.15, 0.2) is 42.5 Å². The van der Waals surface area contributed by atoms with Gasteiger partial charge in [0.1, 0.15) is 5.82 Å². The first kappa shape index (κ1) is 16.5. The molecule has 118 valence electrons. The number of hydrogen-bond acceptors (Lipinski definition) is 4. The zero-order chi connectivity index (χ0) is 17.0. The summed E-state index contributed by atoms with van der Waals surface area (Å²) in [6.45, 7) is 1.74. The first-order valence-corrected chi connectivity index (χ1v) is 6.90. The minimum absolute atomic E-state index is 0.0390. The summed E-state index contributed by atoms with van der Waals surface area (Å²) in [5, 5.41) is 15.9. The largest absolute Gasteiger partial charge is 0.332 e. The molecule has 0 spiro atoms. The summed E-state index contributed by atoms with van der Waals surface area (Å²) >= 11 is 5.01. The number of non-ortho nitro benzene ring substituents is 1. The Morgan fingerprint density at radius 3 is 2.65 bits per heavy atom. The summed E-state index contributed by atoms with van der Waals surface area (Å²) < 4.78 is 13.1. The topological polar surface area (TPSA) is 84.3 Å². The standard InChI is InChI=1S/C15H12FN3O3S/c1-9-5-6-12(19(21)22)8-13(9)17-15(23)18-14(20)10-3-2-4-11(16)7-10/h2-8H,1H3,(H2,17,18,20,23). The number of nitro groups is 1. The molecule has 0 aliphatic rings. The van der Waals surface area contributed by atoms with E-state index >= 15 is 0 Å². The van der Waals surface area contributed by atoms with Crippen molar-refractivity contribution in [2.24, 2.45) is 0 Å². The third-order valence-electron chi connectivity index (χ3n) is 2.99. The second-order valence-electron chi connectivity index (χ2n) is 4.67. The highest BCUT2D eigenvalue weighted by atomic mass is 32.1. The number of rotatable bonds is 3. The van der Waals surface area contributed by atoms with E-state index < -0.39 is 16.6 Å². The Bertz CT molecular complexity index is 795. The van der Waals surface area contributed by atoms with Crippen molar-refractivity contribution in [3.05, 3.63) is 69.5 Å². The van der Waals surface area contributed by atoms with Gasteiger partial charge in [0, 0.05) is 23.4 Å². The minimum Gasteiger partial charge on any atom is -0.332 e. The molecule has 23 heavy (non-hydrogen) atoms. The molecule has 0 aliphatic carbocycles. The molecule has 2 aromatic rings. The summed E-state index contributed by atoms with van der Waals surface area (Å²) in [6.07, 6.45) is 0. The molecule has 0 bridgehead atoms. The highest BCUT2D eigenvalue weighted by Crippen LogP contribution is 2.21. The van der Waals surface area contributed by atoms with Gasteiger partial charge in [-0.25, -0.2) is 4.39 Å². The van der Waals surface area contributed by atoms with Gasteiger partial charge in [0.25, 0.3) is 11.6 Å². The van der Waals surface area contributed by atoms with Crippen LogP contribution in [-0.2, 0) is 0 Å². The second-order valence-corrected chi connectivity index (χ2v) is 5.08. The van der Waals surface area contributed by atoms with Gasteiger partial charge >= 0.3 is 0 Å². The molecule has 2 N–H and O–H groups in total. The van der Waals surface area contributed by atoms with Crippen LogP contribution in [0.4, 0.5) is 15.8 Å². The fourth-order valence-electron chi connectivity index (χ4n) is 1.82. The Kier molecular flexibility index (Phi) is 4.97. The SMILES string of the molecule is Cc1ccc([N+](=O)[O-])cc1NC(=S)NC(=O)c1cccc(F)c1. The first-order valence-electron chi connectivity index (χ1n) is 6.50. The molecule has 0 unspecified atom stereocenters. The normalized spacial score (nSPS) is 10.0. The molecule has 0 radical (unpaired) electrons. The molecule has 6 nitrogen and oxygen atoms in total. The van der Waals surface area contributed by atoms with Gasteiger partial charge in [0.2, 0.25) is 0 Å². The Morgan fingerprint density at radius 2 is 2.00 bits per heavy atom. The van der Waals surface area contributed by atoms with Crippen molar-refractivity contribution in [1.82, 2.24) is 5.32 Å². The van der Waals surface area contributed by atoms with Gasteiger partial charge in [-0.15, -0.1) is 0 Å². The van der Waals surface area contributed by atoms with E-state index in [4.69, 9.17) is 12.2 Å². The predicted octanol–water partition coefficient (Wildman–Crippen LogP) is 3.17. The minimum atomic E-state index is -0.579. The molecule has 8 heteroatoms. The number of carbonyl (C=O) groups excluding carboxylic acids is 1. The fourth-order valence-corrected chi connectivity index (χ4v) is 2.02. The lowest BCUT2D eigenvalue weighted by atomic mass is 10.2. The van der Waals surface area contributed by atoms with Gasteiger partial charge < -0.3 is 5.32 Å². The maximum Gasteiger partial charge on any atom is 0.271 e. The van der Waals surface area contributed by atoms with Crippen molar-refractivity contribution in [2.45, 2.75) is 6.92 Å². The number of anilines is 1. The number of amides is 1. The van der Waals surface area contributed by atoms with E-state index in [2.05, 4.69) is 10.6 Å². The van der Waals surface area contributed by atoms with E-state index in [0.717, 1.165) is 11.6 Å². The van der Waals surface area contributed by atoms with Crippen molar-refractivity contribution in [1.29, 1.82) is 0 Å². The maximum absolute atomic E-state index is 13.1. The van der Waals surface area contributed by atoms with Crippen molar-refractivity contribution < 1.29 is 14.1 Å². The third kappa shape index (κ3) is 4.30. The zero-order valence-electron chi connectivity index (χ0n) is 12.0. The molecule has 0 heterocycles. The summed E-state index contributed by atoms with van der Waals surface area (Å²) in [4.78, 5) is 22.2. The van der Waals surface area contributed by atoms with Crippen molar-refractivity contribution in [3.8, 4) is 0 Å². The number of aryl methyl sites for hydroxylation is 1. The molecular formula is C15H12FN3O3S. The summed E-state index contributed by atoms with van der Waals surface area (Å²) in [5.41, 5.74) is 1.14. The lowest BCUT2D eigenvalue weighted by Gasteiger charge is -2.11. The van der Waals surface area contributed by atoms with Crippen LogP contribution < -0.4 is 10.6 Å². The van der Waals surface area contributed by atoms with Gasteiger partial charge in [0.05, 0.1) is 4.92 Å². The van der Waals surface area contributed by atoms with E-state index in [1.165, 1.54) is 30.3 Å². The predicted molar refractivity (Wildman–Crippen MR) is 87.9 cm³/mol. The highest BCUT2D eigenvalue weighted by molar-refractivity contribution is 7.80. The van der Waals surface area contributed by atoms with Crippen LogP contribution >= 0.6 is 12.2 Å². The molecule has 0 saturated carbocycles. The number of halogens is 1. The Morgan fingerprint density at radius 1 is 1.26 bits per heavy atom. The molecule has 0 atom stereocenters. The van der Waals surface area contributed by atoms with Crippen LogP contribution in [0.2, 0.25) is 0 Å². The maximum atomic E-state index is 13.1. The molecule has 0 fully saturated rings. The quantitative estimate of drug-likeness (QED) is 0.512.